The third kappa shape index (κ3) is 2.37. The van der Waals surface area contributed by atoms with Gasteiger partial charge in [-0.25, -0.2) is 4.39 Å². The number of rotatable bonds is 3. The first-order valence-corrected chi connectivity index (χ1v) is 8.36. The van der Waals surface area contributed by atoms with E-state index in [1.807, 2.05) is 31.3 Å². The normalized spacial score (nSPS) is 11.4. The molecular formula is C21H19FN2O. The van der Waals surface area contributed by atoms with Crippen LogP contribution in [0.5, 0.6) is 5.75 Å². The fourth-order valence-corrected chi connectivity index (χ4v) is 3.49. The molecule has 2 aromatic heterocycles. The molecular weight excluding hydrogens is 315 g/mol. The highest BCUT2D eigenvalue weighted by atomic mass is 19.1. The Bertz CT molecular complexity index is 1100. The molecule has 0 spiro atoms. The van der Waals surface area contributed by atoms with Gasteiger partial charge in [0.15, 0.2) is 0 Å². The zero-order chi connectivity index (χ0) is 17.6. The average molecular weight is 334 g/mol. The molecule has 0 saturated carbocycles. The lowest BCUT2D eigenvalue weighted by molar-refractivity contribution is 0.419. The second kappa shape index (κ2) is 5.88. The summed E-state index contributed by atoms with van der Waals surface area (Å²) in [5, 5.41) is 2.15. The molecule has 3 nitrogen and oxygen atoms in total. The van der Waals surface area contributed by atoms with Crippen LogP contribution in [0.1, 0.15) is 18.1 Å². The number of halogens is 1. The van der Waals surface area contributed by atoms with E-state index in [9.17, 15) is 4.39 Å². The molecule has 0 aliphatic heterocycles. The highest BCUT2D eigenvalue weighted by Gasteiger charge is 2.16. The van der Waals surface area contributed by atoms with Crippen LogP contribution in [0.4, 0.5) is 4.39 Å². The summed E-state index contributed by atoms with van der Waals surface area (Å²) in [6.45, 7) is 4.06. The number of hydrogen-bond acceptors (Lipinski definition) is 2. The molecule has 0 bridgehead atoms. The number of ether oxygens (including phenoxy) is 1. The summed E-state index contributed by atoms with van der Waals surface area (Å²) in [7, 11) is 1.65. The van der Waals surface area contributed by atoms with E-state index >= 15 is 0 Å². The lowest BCUT2D eigenvalue weighted by Crippen LogP contribution is -1.97. The topological polar surface area (TPSA) is 27.1 Å². The van der Waals surface area contributed by atoms with Crippen LogP contribution in [-0.4, -0.2) is 16.7 Å². The average Bonchev–Trinajstić information content (AvgIpc) is 3.00. The Morgan fingerprint density at radius 3 is 2.72 bits per heavy atom. The molecule has 2 aromatic carbocycles. The summed E-state index contributed by atoms with van der Waals surface area (Å²) in [5.74, 6) is 0.530. The van der Waals surface area contributed by atoms with Gasteiger partial charge in [0.05, 0.1) is 12.6 Å². The fraction of sp³-hybridized carbons (Fsp3) is 0.190. The van der Waals surface area contributed by atoms with Crippen LogP contribution >= 0.6 is 0 Å². The van der Waals surface area contributed by atoms with E-state index in [2.05, 4.69) is 28.7 Å². The minimum Gasteiger partial charge on any atom is -0.494 e. The summed E-state index contributed by atoms with van der Waals surface area (Å²) in [5.41, 5.74) is 5.00. The Kier molecular flexibility index (Phi) is 3.68. The number of nitrogens with zero attached hydrogens (tertiary/aromatic N) is 2. The molecule has 0 unspecified atom stereocenters. The van der Waals surface area contributed by atoms with Gasteiger partial charge in [-0.05, 0) is 48.7 Å². The molecule has 4 heteroatoms. The van der Waals surface area contributed by atoms with Crippen molar-refractivity contribution in [3.8, 4) is 11.4 Å². The monoisotopic (exact) mass is 334 g/mol. The Hall–Kier alpha value is -2.88. The van der Waals surface area contributed by atoms with Crippen LogP contribution in [-0.2, 0) is 6.42 Å². The number of aryl methyl sites for hydroxylation is 2. The van der Waals surface area contributed by atoms with Gasteiger partial charge in [0.25, 0.3) is 0 Å². The van der Waals surface area contributed by atoms with Gasteiger partial charge in [0, 0.05) is 28.9 Å². The molecule has 0 atom stereocenters. The second-order valence-corrected chi connectivity index (χ2v) is 6.19. The molecule has 0 aliphatic rings. The van der Waals surface area contributed by atoms with Crippen LogP contribution in [0.15, 0.2) is 48.8 Å². The maximum Gasteiger partial charge on any atom is 0.145 e. The maximum absolute atomic E-state index is 13.6. The summed E-state index contributed by atoms with van der Waals surface area (Å²) in [6, 6.07) is 10.8. The summed E-state index contributed by atoms with van der Waals surface area (Å²) < 4.78 is 21.2. The molecule has 0 fully saturated rings. The fourth-order valence-electron chi connectivity index (χ4n) is 3.49. The minimum atomic E-state index is -0.221. The Balaban J connectivity index is 2.15. The van der Waals surface area contributed by atoms with Crippen molar-refractivity contribution in [3.05, 3.63) is 65.7 Å². The van der Waals surface area contributed by atoms with Crippen molar-refractivity contribution in [2.45, 2.75) is 20.3 Å². The minimum absolute atomic E-state index is 0.221. The lowest BCUT2D eigenvalue weighted by Gasteiger charge is -2.12. The molecule has 0 amide bonds. The van der Waals surface area contributed by atoms with Crippen molar-refractivity contribution in [2.75, 3.05) is 7.11 Å². The molecule has 0 aliphatic carbocycles. The molecule has 25 heavy (non-hydrogen) atoms. The first kappa shape index (κ1) is 15.6. The van der Waals surface area contributed by atoms with E-state index < -0.39 is 0 Å². The third-order valence-corrected chi connectivity index (χ3v) is 4.72. The molecule has 126 valence electrons. The van der Waals surface area contributed by atoms with Gasteiger partial charge >= 0.3 is 0 Å². The number of para-hydroxylation sites is 1. The lowest BCUT2D eigenvalue weighted by atomic mass is 10.1. The van der Waals surface area contributed by atoms with Crippen LogP contribution in [0.25, 0.3) is 27.5 Å². The Labute approximate surface area is 145 Å². The maximum atomic E-state index is 13.6. The van der Waals surface area contributed by atoms with Crippen molar-refractivity contribution in [1.29, 1.82) is 0 Å². The summed E-state index contributed by atoms with van der Waals surface area (Å²) in [6.07, 6.45) is 4.95. The van der Waals surface area contributed by atoms with Crippen molar-refractivity contribution >= 4 is 21.8 Å². The number of hydrogen-bond donors (Lipinski definition) is 0. The van der Waals surface area contributed by atoms with Crippen LogP contribution in [0.3, 0.4) is 0 Å². The SMILES string of the molecule is CCc1cn(-c2ccc(F)cc2C)c2c1cnc1c(OC)cccc12. The van der Waals surface area contributed by atoms with E-state index in [0.29, 0.717) is 0 Å². The van der Waals surface area contributed by atoms with Crippen molar-refractivity contribution < 1.29 is 9.13 Å². The van der Waals surface area contributed by atoms with Crippen LogP contribution in [0.2, 0.25) is 0 Å². The smallest absolute Gasteiger partial charge is 0.145 e. The molecule has 0 saturated heterocycles. The van der Waals surface area contributed by atoms with Gasteiger partial charge in [-0.15, -0.1) is 0 Å². The van der Waals surface area contributed by atoms with Gasteiger partial charge in [0.1, 0.15) is 17.1 Å². The zero-order valence-electron chi connectivity index (χ0n) is 14.5. The van der Waals surface area contributed by atoms with E-state index in [0.717, 1.165) is 45.2 Å². The van der Waals surface area contributed by atoms with Crippen LogP contribution < -0.4 is 4.74 Å². The number of benzene rings is 2. The highest BCUT2D eigenvalue weighted by Crippen LogP contribution is 2.34. The van der Waals surface area contributed by atoms with Crippen molar-refractivity contribution in [2.24, 2.45) is 0 Å². The first-order valence-electron chi connectivity index (χ1n) is 8.36. The summed E-state index contributed by atoms with van der Waals surface area (Å²) in [4.78, 5) is 4.63. The van der Waals surface area contributed by atoms with Gasteiger partial charge in [0.2, 0.25) is 0 Å². The molecule has 2 heterocycles. The van der Waals surface area contributed by atoms with Crippen LogP contribution in [0, 0.1) is 12.7 Å². The van der Waals surface area contributed by atoms with Gasteiger partial charge in [-0.3, -0.25) is 4.98 Å². The van der Waals surface area contributed by atoms with Gasteiger partial charge < -0.3 is 9.30 Å². The Morgan fingerprint density at radius 1 is 1.16 bits per heavy atom. The number of pyridine rings is 1. The van der Waals surface area contributed by atoms with E-state index in [1.54, 1.807) is 13.2 Å². The van der Waals surface area contributed by atoms with E-state index in [1.165, 1.54) is 11.6 Å². The second-order valence-electron chi connectivity index (χ2n) is 6.19. The Morgan fingerprint density at radius 2 is 2.00 bits per heavy atom. The molecule has 0 radical (unpaired) electrons. The first-order chi connectivity index (χ1) is 12.1. The molecule has 4 rings (SSSR count). The number of fused-ring (bicyclic) bond motifs is 3. The van der Waals surface area contributed by atoms with E-state index in [-0.39, 0.29) is 5.82 Å². The predicted octanol–water partition coefficient (Wildman–Crippen LogP) is 5.20. The molecule has 0 N–H and O–H groups in total. The van der Waals surface area contributed by atoms with Crippen molar-refractivity contribution in [3.63, 3.8) is 0 Å². The van der Waals surface area contributed by atoms with E-state index in [4.69, 9.17) is 4.74 Å². The third-order valence-electron chi connectivity index (χ3n) is 4.72. The van der Waals surface area contributed by atoms with Crippen molar-refractivity contribution in [1.82, 2.24) is 9.55 Å². The molecule has 4 aromatic rings. The quantitative estimate of drug-likeness (QED) is 0.515. The zero-order valence-corrected chi connectivity index (χ0v) is 14.5. The van der Waals surface area contributed by atoms with Gasteiger partial charge in [-0.2, -0.15) is 0 Å². The largest absolute Gasteiger partial charge is 0.494 e. The predicted molar refractivity (Wildman–Crippen MR) is 99.2 cm³/mol. The summed E-state index contributed by atoms with van der Waals surface area (Å²) >= 11 is 0. The number of methoxy groups -OCH3 is 1. The highest BCUT2D eigenvalue weighted by molar-refractivity contribution is 6.07. The number of aromatic nitrogens is 2. The standard InChI is InChI=1S/C21H19FN2O/c1-4-14-12-24(18-9-8-15(22)10-13(18)2)21-16-6-5-7-19(25-3)20(16)23-11-17(14)21/h5-12H,4H2,1-3H3. The van der Waals surface area contributed by atoms with Gasteiger partial charge in [-0.1, -0.05) is 19.1 Å².